The molecule has 0 atom stereocenters. The highest BCUT2D eigenvalue weighted by atomic mass is 35.5. The number of anilines is 2. The number of amides is 1. The number of aromatic nitrogens is 1. The van der Waals surface area contributed by atoms with Gasteiger partial charge in [0.05, 0.1) is 16.5 Å². The molecule has 7 nitrogen and oxygen atoms in total. The second-order valence-corrected chi connectivity index (χ2v) is 9.11. The highest BCUT2D eigenvalue weighted by Crippen LogP contribution is 2.32. The fourth-order valence-corrected chi connectivity index (χ4v) is 5.12. The van der Waals surface area contributed by atoms with Crippen LogP contribution in [0.15, 0.2) is 53.1 Å². The number of benzene rings is 2. The molecule has 0 unspecified atom stereocenters. The molecule has 150 valence electrons. The van der Waals surface area contributed by atoms with Gasteiger partial charge in [-0.2, -0.15) is 0 Å². The predicted octanol–water partition coefficient (Wildman–Crippen LogP) is 4.10. The Morgan fingerprint density at radius 1 is 1.21 bits per heavy atom. The molecule has 2 aromatic carbocycles. The molecule has 0 spiro atoms. The van der Waals surface area contributed by atoms with E-state index >= 15 is 0 Å². The molecule has 9 heteroatoms. The number of nitrogens with one attached hydrogen (secondary N) is 1. The lowest BCUT2D eigenvalue weighted by Gasteiger charge is -2.17. The molecule has 1 N–H and O–H groups in total. The summed E-state index contributed by atoms with van der Waals surface area (Å²) in [4.78, 5) is 13.0. The number of rotatable bonds is 4. The van der Waals surface area contributed by atoms with Gasteiger partial charge in [0.15, 0.2) is 0 Å². The standard InChI is InChI=1S/C20H18ClN3O4S/c1-13-18(19(23-28-13)16-8-2-3-9-17(16)21)20(25)22-14-6-4-7-15(12-14)24-10-5-11-29(24,26)27/h2-4,6-9,12H,5,10-11H2,1H3,(H,22,25). The summed E-state index contributed by atoms with van der Waals surface area (Å²) in [5, 5.41) is 7.26. The van der Waals surface area contributed by atoms with Gasteiger partial charge in [-0.25, -0.2) is 8.42 Å². The van der Waals surface area contributed by atoms with E-state index in [0.29, 0.717) is 46.4 Å². The van der Waals surface area contributed by atoms with Gasteiger partial charge in [0.25, 0.3) is 5.91 Å². The second kappa shape index (κ2) is 7.53. The Balaban J connectivity index is 1.64. The number of sulfonamides is 1. The Kier molecular flexibility index (Phi) is 5.06. The number of carbonyl (C=O) groups is 1. The van der Waals surface area contributed by atoms with E-state index in [-0.39, 0.29) is 11.3 Å². The van der Waals surface area contributed by atoms with Crippen molar-refractivity contribution in [3.8, 4) is 11.3 Å². The van der Waals surface area contributed by atoms with Crippen molar-refractivity contribution in [3.05, 3.63) is 64.9 Å². The molecule has 0 radical (unpaired) electrons. The van der Waals surface area contributed by atoms with Crippen molar-refractivity contribution in [1.82, 2.24) is 5.16 Å². The molecule has 0 saturated carbocycles. The Labute approximate surface area is 173 Å². The first-order valence-electron chi connectivity index (χ1n) is 9.00. The van der Waals surface area contributed by atoms with E-state index in [1.165, 1.54) is 4.31 Å². The quantitative estimate of drug-likeness (QED) is 0.671. The fraction of sp³-hybridized carbons (Fsp3) is 0.200. The van der Waals surface area contributed by atoms with Crippen LogP contribution in [0.4, 0.5) is 11.4 Å². The summed E-state index contributed by atoms with van der Waals surface area (Å²) >= 11 is 6.25. The van der Waals surface area contributed by atoms with Gasteiger partial charge in [-0.1, -0.05) is 41.0 Å². The van der Waals surface area contributed by atoms with Gasteiger partial charge in [-0.3, -0.25) is 9.10 Å². The number of nitrogens with zero attached hydrogens (tertiary/aromatic N) is 2. The lowest BCUT2D eigenvalue weighted by molar-refractivity contribution is 0.102. The van der Waals surface area contributed by atoms with Crippen LogP contribution in [0.1, 0.15) is 22.5 Å². The lowest BCUT2D eigenvalue weighted by atomic mass is 10.1. The van der Waals surface area contributed by atoms with Crippen LogP contribution < -0.4 is 9.62 Å². The summed E-state index contributed by atoms with van der Waals surface area (Å²) in [5.74, 6) is 0.0702. The molecule has 0 aliphatic carbocycles. The van der Waals surface area contributed by atoms with E-state index in [4.69, 9.17) is 16.1 Å². The third kappa shape index (κ3) is 3.73. The van der Waals surface area contributed by atoms with Crippen molar-refractivity contribution in [2.45, 2.75) is 13.3 Å². The second-order valence-electron chi connectivity index (χ2n) is 6.69. The first-order valence-corrected chi connectivity index (χ1v) is 11.0. The first kappa shape index (κ1) is 19.5. The number of halogens is 1. The van der Waals surface area contributed by atoms with Crippen molar-refractivity contribution in [3.63, 3.8) is 0 Å². The number of hydrogen-bond donors (Lipinski definition) is 1. The minimum absolute atomic E-state index is 0.130. The van der Waals surface area contributed by atoms with E-state index in [9.17, 15) is 13.2 Å². The molecule has 1 saturated heterocycles. The van der Waals surface area contributed by atoms with E-state index in [2.05, 4.69) is 10.5 Å². The molecule has 4 rings (SSSR count). The van der Waals surface area contributed by atoms with Crippen LogP contribution in [-0.2, 0) is 10.0 Å². The summed E-state index contributed by atoms with van der Waals surface area (Å²) in [5.41, 5.74) is 2.21. The first-order chi connectivity index (χ1) is 13.9. The molecular formula is C20H18ClN3O4S. The monoisotopic (exact) mass is 431 g/mol. The largest absolute Gasteiger partial charge is 0.360 e. The maximum atomic E-state index is 13.0. The van der Waals surface area contributed by atoms with Gasteiger partial charge >= 0.3 is 0 Å². The molecule has 3 aromatic rings. The van der Waals surface area contributed by atoms with Crippen molar-refractivity contribution >= 4 is 38.9 Å². The zero-order chi connectivity index (χ0) is 20.6. The summed E-state index contributed by atoms with van der Waals surface area (Å²) in [6.45, 7) is 2.08. The van der Waals surface area contributed by atoms with Gasteiger partial charge < -0.3 is 9.84 Å². The molecule has 29 heavy (non-hydrogen) atoms. The van der Waals surface area contributed by atoms with Gasteiger partial charge in [0.1, 0.15) is 17.0 Å². The maximum Gasteiger partial charge on any atom is 0.261 e. The molecule has 2 heterocycles. The molecule has 1 amide bonds. The molecule has 1 aromatic heterocycles. The third-order valence-electron chi connectivity index (χ3n) is 4.71. The normalized spacial score (nSPS) is 15.4. The van der Waals surface area contributed by atoms with Crippen LogP contribution >= 0.6 is 11.6 Å². The van der Waals surface area contributed by atoms with Gasteiger partial charge in [0, 0.05) is 17.8 Å². The van der Waals surface area contributed by atoms with Crippen molar-refractivity contribution in [2.24, 2.45) is 0 Å². The molecule has 1 aliphatic rings. The van der Waals surface area contributed by atoms with Gasteiger partial charge in [-0.15, -0.1) is 0 Å². The Morgan fingerprint density at radius 3 is 2.72 bits per heavy atom. The Hall–Kier alpha value is -2.84. The smallest absolute Gasteiger partial charge is 0.261 e. The third-order valence-corrected chi connectivity index (χ3v) is 6.91. The van der Waals surface area contributed by atoms with E-state index in [0.717, 1.165) is 0 Å². The van der Waals surface area contributed by atoms with Crippen LogP contribution in [0, 0.1) is 6.92 Å². The van der Waals surface area contributed by atoms with Crippen molar-refractivity contribution in [2.75, 3.05) is 21.9 Å². The van der Waals surface area contributed by atoms with E-state index < -0.39 is 15.9 Å². The Morgan fingerprint density at radius 2 is 2.00 bits per heavy atom. The molecule has 1 fully saturated rings. The summed E-state index contributed by atoms with van der Waals surface area (Å²) in [7, 11) is -3.30. The topological polar surface area (TPSA) is 92.5 Å². The van der Waals surface area contributed by atoms with Crippen LogP contribution in [0.25, 0.3) is 11.3 Å². The van der Waals surface area contributed by atoms with Crippen molar-refractivity contribution < 1.29 is 17.7 Å². The minimum Gasteiger partial charge on any atom is -0.360 e. The predicted molar refractivity (Wildman–Crippen MR) is 112 cm³/mol. The van der Waals surface area contributed by atoms with Crippen LogP contribution in [0.3, 0.4) is 0 Å². The summed E-state index contributed by atoms with van der Waals surface area (Å²) in [6, 6.07) is 13.8. The highest BCUT2D eigenvalue weighted by Gasteiger charge is 2.29. The molecule has 1 aliphatic heterocycles. The summed E-state index contributed by atoms with van der Waals surface area (Å²) < 4.78 is 30.9. The highest BCUT2D eigenvalue weighted by molar-refractivity contribution is 7.93. The average molecular weight is 432 g/mol. The van der Waals surface area contributed by atoms with Gasteiger partial charge in [0.2, 0.25) is 10.0 Å². The van der Waals surface area contributed by atoms with Crippen LogP contribution in [0.5, 0.6) is 0 Å². The number of carbonyl (C=O) groups excluding carboxylic acids is 1. The number of hydrogen-bond acceptors (Lipinski definition) is 5. The van der Waals surface area contributed by atoms with E-state index in [1.807, 2.05) is 0 Å². The molecule has 0 bridgehead atoms. The summed E-state index contributed by atoms with van der Waals surface area (Å²) in [6.07, 6.45) is 0.583. The van der Waals surface area contributed by atoms with E-state index in [1.54, 1.807) is 55.5 Å². The zero-order valence-corrected chi connectivity index (χ0v) is 17.1. The fourth-order valence-electron chi connectivity index (χ4n) is 3.34. The van der Waals surface area contributed by atoms with Crippen LogP contribution in [-0.4, -0.2) is 31.8 Å². The average Bonchev–Trinajstić information content (AvgIpc) is 3.24. The SMILES string of the molecule is Cc1onc(-c2ccccc2Cl)c1C(=O)Nc1cccc(N2CCCS2(=O)=O)c1. The number of aryl methyl sites for hydroxylation is 1. The zero-order valence-electron chi connectivity index (χ0n) is 15.6. The maximum absolute atomic E-state index is 13.0. The van der Waals surface area contributed by atoms with Crippen molar-refractivity contribution in [1.29, 1.82) is 0 Å². The molecular weight excluding hydrogens is 414 g/mol. The lowest BCUT2D eigenvalue weighted by Crippen LogP contribution is -2.25. The minimum atomic E-state index is -3.30. The van der Waals surface area contributed by atoms with Crippen LogP contribution in [0.2, 0.25) is 5.02 Å². The Bertz CT molecular complexity index is 1190. The van der Waals surface area contributed by atoms with Gasteiger partial charge in [-0.05, 0) is 37.6 Å².